The van der Waals surface area contributed by atoms with Gasteiger partial charge in [-0.25, -0.2) is 9.37 Å². The molecule has 1 atom stereocenters. The zero-order chi connectivity index (χ0) is 16.1. The first-order valence-corrected chi connectivity index (χ1v) is 8.80. The lowest BCUT2D eigenvalue weighted by Gasteiger charge is -2.34. The van der Waals surface area contributed by atoms with Crippen LogP contribution in [-0.2, 0) is 4.79 Å². The second-order valence-electron chi connectivity index (χ2n) is 5.70. The van der Waals surface area contributed by atoms with E-state index in [9.17, 15) is 9.18 Å². The standard InChI is InChI=1S/C17H20FN3OS/c18-13-5-1-2-6-14(13)20-16(22)8-11-21-10-4-3-7-15(21)17-19-9-12-23-17/h1-2,5-6,9,12,15H,3-4,7-8,10-11H2,(H,20,22)/t15-/m0/s1. The maximum absolute atomic E-state index is 13.6. The Morgan fingerprint density at radius 1 is 1.39 bits per heavy atom. The van der Waals surface area contributed by atoms with E-state index in [0.717, 1.165) is 24.4 Å². The number of hydrogen-bond donors (Lipinski definition) is 1. The molecular formula is C17H20FN3OS. The highest BCUT2D eigenvalue weighted by molar-refractivity contribution is 7.09. The minimum absolute atomic E-state index is 0.154. The molecule has 0 aliphatic carbocycles. The molecule has 0 spiro atoms. The summed E-state index contributed by atoms with van der Waals surface area (Å²) in [4.78, 5) is 18.8. The fourth-order valence-corrected chi connectivity index (χ4v) is 3.76. The van der Waals surface area contributed by atoms with Gasteiger partial charge in [-0.1, -0.05) is 18.6 Å². The van der Waals surface area contributed by atoms with Crippen molar-refractivity contribution in [2.75, 3.05) is 18.4 Å². The summed E-state index contributed by atoms with van der Waals surface area (Å²) in [5.74, 6) is -0.557. The number of amides is 1. The molecule has 23 heavy (non-hydrogen) atoms. The summed E-state index contributed by atoms with van der Waals surface area (Å²) >= 11 is 1.67. The largest absolute Gasteiger partial charge is 0.324 e. The van der Waals surface area contributed by atoms with Gasteiger partial charge in [-0.2, -0.15) is 0 Å². The number of hydrogen-bond acceptors (Lipinski definition) is 4. The fourth-order valence-electron chi connectivity index (χ4n) is 2.96. The van der Waals surface area contributed by atoms with E-state index < -0.39 is 5.82 Å². The Hall–Kier alpha value is -1.79. The maximum atomic E-state index is 13.6. The van der Waals surface area contributed by atoms with Gasteiger partial charge in [-0.05, 0) is 31.5 Å². The summed E-state index contributed by atoms with van der Waals surface area (Å²) in [5.41, 5.74) is 0.243. The molecule has 2 aromatic rings. The second-order valence-corrected chi connectivity index (χ2v) is 6.62. The molecule has 1 N–H and O–H groups in total. The molecule has 122 valence electrons. The zero-order valence-electron chi connectivity index (χ0n) is 12.9. The highest BCUT2D eigenvalue weighted by Crippen LogP contribution is 2.31. The molecule has 1 saturated heterocycles. The normalized spacial score (nSPS) is 18.7. The van der Waals surface area contributed by atoms with E-state index in [0.29, 0.717) is 19.0 Å². The predicted octanol–water partition coefficient (Wildman–Crippen LogP) is 3.84. The van der Waals surface area contributed by atoms with Crippen LogP contribution in [-0.4, -0.2) is 28.9 Å². The number of piperidine rings is 1. The average Bonchev–Trinajstić information content (AvgIpc) is 3.10. The third kappa shape index (κ3) is 4.14. The third-order valence-electron chi connectivity index (χ3n) is 4.12. The lowest BCUT2D eigenvalue weighted by molar-refractivity contribution is -0.116. The number of likely N-dealkylation sites (tertiary alicyclic amines) is 1. The molecule has 1 fully saturated rings. The highest BCUT2D eigenvalue weighted by atomic mass is 32.1. The van der Waals surface area contributed by atoms with Gasteiger partial charge in [0.05, 0.1) is 11.7 Å². The number of para-hydroxylation sites is 1. The second kappa shape index (κ2) is 7.66. The van der Waals surface area contributed by atoms with Crippen molar-refractivity contribution in [3.63, 3.8) is 0 Å². The van der Waals surface area contributed by atoms with E-state index >= 15 is 0 Å². The van der Waals surface area contributed by atoms with Gasteiger partial charge in [-0.3, -0.25) is 9.69 Å². The van der Waals surface area contributed by atoms with Crippen LogP contribution < -0.4 is 5.32 Å². The van der Waals surface area contributed by atoms with Crippen molar-refractivity contribution in [2.24, 2.45) is 0 Å². The first-order chi connectivity index (χ1) is 11.2. The first kappa shape index (κ1) is 16.1. The Bertz CT molecular complexity index is 647. The molecule has 1 aromatic carbocycles. The van der Waals surface area contributed by atoms with Crippen LogP contribution in [0.15, 0.2) is 35.8 Å². The lowest BCUT2D eigenvalue weighted by Crippen LogP contribution is -2.35. The Morgan fingerprint density at radius 2 is 2.26 bits per heavy atom. The zero-order valence-corrected chi connectivity index (χ0v) is 13.7. The van der Waals surface area contributed by atoms with Crippen molar-refractivity contribution in [1.29, 1.82) is 0 Å². The van der Waals surface area contributed by atoms with E-state index in [1.807, 2.05) is 11.6 Å². The van der Waals surface area contributed by atoms with Crippen LogP contribution in [0.25, 0.3) is 0 Å². The van der Waals surface area contributed by atoms with Crippen molar-refractivity contribution >= 4 is 22.9 Å². The van der Waals surface area contributed by atoms with E-state index in [-0.39, 0.29) is 11.6 Å². The molecule has 0 bridgehead atoms. The Balaban J connectivity index is 1.56. The summed E-state index contributed by atoms with van der Waals surface area (Å²) in [6.07, 6.45) is 5.62. The van der Waals surface area contributed by atoms with Crippen molar-refractivity contribution in [1.82, 2.24) is 9.88 Å². The van der Waals surface area contributed by atoms with Gasteiger partial charge in [0, 0.05) is 24.5 Å². The smallest absolute Gasteiger partial charge is 0.225 e. The fraction of sp³-hybridized carbons (Fsp3) is 0.412. The highest BCUT2D eigenvalue weighted by Gasteiger charge is 2.26. The van der Waals surface area contributed by atoms with E-state index in [4.69, 9.17) is 0 Å². The topological polar surface area (TPSA) is 45.2 Å². The molecule has 4 nitrogen and oxygen atoms in total. The molecule has 1 aromatic heterocycles. The number of nitrogens with one attached hydrogen (secondary N) is 1. The number of anilines is 1. The quantitative estimate of drug-likeness (QED) is 0.904. The number of benzene rings is 1. The Kier molecular flexibility index (Phi) is 5.35. The third-order valence-corrected chi connectivity index (χ3v) is 5.00. The van der Waals surface area contributed by atoms with Crippen molar-refractivity contribution in [3.05, 3.63) is 46.7 Å². The minimum atomic E-state index is -0.403. The van der Waals surface area contributed by atoms with Gasteiger partial charge in [0.15, 0.2) is 0 Å². The number of rotatable bonds is 5. The number of carbonyl (C=O) groups is 1. The summed E-state index contributed by atoms with van der Waals surface area (Å²) in [6, 6.07) is 6.55. The first-order valence-electron chi connectivity index (χ1n) is 7.92. The van der Waals surface area contributed by atoms with Crippen LogP contribution in [0.3, 0.4) is 0 Å². The van der Waals surface area contributed by atoms with Gasteiger partial charge in [0.25, 0.3) is 0 Å². The monoisotopic (exact) mass is 333 g/mol. The molecule has 6 heteroatoms. The van der Waals surface area contributed by atoms with Crippen LogP contribution in [0.1, 0.15) is 36.7 Å². The summed E-state index contributed by atoms with van der Waals surface area (Å²) in [7, 11) is 0. The van der Waals surface area contributed by atoms with Crippen LogP contribution >= 0.6 is 11.3 Å². The van der Waals surface area contributed by atoms with Gasteiger partial charge in [0.2, 0.25) is 5.91 Å². The van der Waals surface area contributed by atoms with Crippen LogP contribution in [0.5, 0.6) is 0 Å². The molecule has 0 saturated carbocycles. The SMILES string of the molecule is O=C(CCN1CCCC[C@H]1c1nccs1)Nc1ccccc1F. The van der Waals surface area contributed by atoms with Crippen molar-refractivity contribution in [3.8, 4) is 0 Å². The molecule has 1 aliphatic heterocycles. The number of halogens is 1. The molecule has 0 radical (unpaired) electrons. The van der Waals surface area contributed by atoms with Gasteiger partial charge >= 0.3 is 0 Å². The van der Waals surface area contributed by atoms with Gasteiger partial charge in [0.1, 0.15) is 10.8 Å². The molecule has 1 amide bonds. The number of carbonyl (C=O) groups excluding carboxylic acids is 1. The summed E-state index contributed by atoms with van der Waals surface area (Å²) in [5, 5.41) is 5.76. The molecule has 2 heterocycles. The van der Waals surface area contributed by atoms with Crippen molar-refractivity contribution in [2.45, 2.75) is 31.7 Å². The predicted molar refractivity (Wildman–Crippen MR) is 89.9 cm³/mol. The molecular weight excluding hydrogens is 313 g/mol. The minimum Gasteiger partial charge on any atom is -0.324 e. The maximum Gasteiger partial charge on any atom is 0.225 e. The van der Waals surface area contributed by atoms with Gasteiger partial charge in [-0.15, -0.1) is 11.3 Å². The van der Waals surface area contributed by atoms with E-state index in [2.05, 4.69) is 15.2 Å². The number of aromatic nitrogens is 1. The average molecular weight is 333 g/mol. The van der Waals surface area contributed by atoms with Crippen LogP contribution in [0.4, 0.5) is 10.1 Å². The van der Waals surface area contributed by atoms with E-state index in [1.54, 1.807) is 29.5 Å². The van der Waals surface area contributed by atoms with Crippen molar-refractivity contribution < 1.29 is 9.18 Å². The van der Waals surface area contributed by atoms with Crippen LogP contribution in [0, 0.1) is 5.82 Å². The molecule has 1 aliphatic rings. The summed E-state index contributed by atoms with van der Waals surface area (Å²) in [6.45, 7) is 1.65. The van der Waals surface area contributed by atoms with Gasteiger partial charge < -0.3 is 5.32 Å². The molecule has 3 rings (SSSR count). The Morgan fingerprint density at radius 3 is 3.04 bits per heavy atom. The van der Waals surface area contributed by atoms with Crippen LogP contribution in [0.2, 0.25) is 0 Å². The summed E-state index contributed by atoms with van der Waals surface area (Å²) < 4.78 is 13.6. The van der Waals surface area contributed by atoms with E-state index in [1.165, 1.54) is 12.5 Å². The Labute approximate surface area is 139 Å². The molecule has 0 unspecified atom stereocenters. The lowest BCUT2D eigenvalue weighted by atomic mass is 10.0. The number of nitrogens with zero attached hydrogens (tertiary/aromatic N) is 2. The number of thiazole rings is 1.